The molecular weight excluding hydrogens is 136 g/mol. The molecule has 3 atom stereocenters. The Kier molecular flexibility index (Phi) is 1.45. The summed E-state index contributed by atoms with van der Waals surface area (Å²) in [6, 6.07) is 0. The molecule has 0 N–H and O–H groups in total. The lowest BCUT2D eigenvalue weighted by atomic mass is 9.92. The number of allylic oxidation sites excluding steroid dienone is 4. The summed E-state index contributed by atoms with van der Waals surface area (Å²) in [7, 11) is 0. The average Bonchev–Trinajstić information content (AvgIpc) is 2.30. The van der Waals surface area contributed by atoms with E-state index in [0.29, 0.717) is 11.7 Å². The van der Waals surface area contributed by atoms with E-state index < -0.39 is 0 Å². The molecule has 1 nitrogen and oxygen atoms in total. The first-order valence-electron chi connectivity index (χ1n) is 4.18. The molecule has 2 aliphatic rings. The van der Waals surface area contributed by atoms with Crippen molar-refractivity contribution in [2.45, 2.75) is 13.3 Å². The number of Topliss-reactive ketones (excluding diaryl/α,β-unsaturated/α-hetero) is 1. The summed E-state index contributed by atoms with van der Waals surface area (Å²) in [5.74, 6) is 1.41. The van der Waals surface area contributed by atoms with Crippen molar-refractivity contribution in [3.63, 3.8) is 0 Å². The molecule has 0 heterocycles. The molecule has 1 saturated carbocycles. The summed E-state index contributed by atoms with van der Waals surface area (Å²) < 4.78 is 0. The first-order chi connectivity index (χ1) is 5.29. The van der Waals surface area contributed by atoms with E-state index in [1.54, 1.807) is 0 Å². The van der Waals surface area contributed by atoms with Crippen LogP contribution in [0.25, 0.3) is 0 Å². The second kappa shape index (κ2) is 2.33. The van der Waals surface area contributed by atoms with E-state index in [2.05, 4.69) is 6.08 Å². The number of carbonyl (C=O) groups is 1. The van der Waals surface area contributed by atoms with Gasteiger partial charge in [0.2, 0.25) is 0 Å². The van der Waals surface area contributed by atoms with E-state index in [0.717, 1.165) is 6.42 Å². The number of ketones is 1. The second-order valence-electron chi connectivity index (χ2n) is 3.50. The fraction of sp³-hybridized carbons (Fsp3) is 0.500. The lowest BCUT2D eigenvalue weighted by Crippen LogP contribution is -2.13. The zero-order chi connectivity index (χ0) is 7.84. The van der Waals surface area contributed by atoms with Gasteiger partial charge >= 0.3 is 0 Å². The summed E-state index contributed by atoms with van der Waals surface area (Å²) in [6.45, 7) is 2.03. The Morgan fingerprint density at radius 1 is 1.36 bits per heavy atom. The fourth-order valence-electron chi connectivity index (χ4n) is 2.04. The first kappa shape index (κ1) is 6.84. The van der Waals surface area contributed by atoms with Crippen molar-refractivity contribution in [1.82, 2.24) is 0 Å². The third-order valence-corrected chi connectivity index (χ3v) is 2.69. The number of carbonyl (C=O) groups excluding carboxylic acids is 1. The van der Waals surface area contributed by atoms with Crippen molar-refractivity contribution < 1.29 is 4.79 Å². The SMILES string of the molecule is CC1CC2C=CC=CC2C1=O. The molecule has 0 spiro atoms. The maximum Gasteiger partial charge on any atom is 0.143 e. The van der Waals surface area contributed by atoms with E-state index >= 15 is 0 Å². The van der Waals surface area contributed by atoms with Crippen molar-refractivity contribution in [3.05, 3.63) is 24.3 Å². The van der Waals surface area contributed by atoms with E-state index in [-0.39, 0.29) is 11.8 Å². The minimum atomic E-state index is 0.204. The maximum absolute atomic E-state index is 11.5. The second-order valence-corrected chi connectivity index (χ2v) is 3.50. The van der Waals surface area contributed by atoms with Crippen LogP contribution >= 0.6 is 0 Å². The molecule has 2 rings (SSSR count). The Hall–Kier alpha value is -0.850. The highest BCUT2D eigenvalue weighted by molar-refractivity contribution is 5.87. The minimum Gasteiger partial charge on any atom is -0.299 e. The quantitative estimate of drug-likeness (QED) is 0.513. The standard InChI is InChI=1S/C10H12O/c1-7-6-8-4-2-3-5-9(8)10(7)11/h2-5,7-9H,6H2,1H3. The van der Waals surface area contributed by atoms with Gasteiger partial charge in [-0.1, -0.05) is 31.2 Å². The summed E-state index contributed by atoms with van der Waals surface area (Å²) in [5, 5.41) is 0. The van der Waals surface area contributed by atoms with Gasteiger partial charge in [0.25, 0.3) is 0 Å². The summed E-state index contributed by atoms with van der Waals surface area (Å²) >= 11 is 0. The Bertz CT molecular complexity index is 237. The fourth-order valence-corrected chi connectivity index (χ4v) is 2.04. The molecule has 0 aliphatic heterocycles. The molecule has 1 heteroatoms. The van der Waals surface area contributed by atoms with Gasteiger partial charge in [-0.2, -0.15) is 0 Å². The molecule has 0 aromatic carbocycles. The van der Waals surface area contributed by atoms with Gasteiger partial charge in [0.1, 0.15) is 5.78 Å². The Morgan fingerprint density at radius 2 is 2.09 bits per heavy atom. The number of hydrogen-bond donors (Lipinski definition) is 0. The Balaban J connectivity index is 2.27. The molecule has 0 amide bonds. The third-order valence-electron chi connectivity index (χ3n) is 2.69. The van der Waals surface area contributed by atoms with Gasteiger partial charge in [-0.25, -0.2) is 0 Å². The van der Waals surface area contributed by atoms with Crippen LogP contribution in [0.3, 0.4) is 0 Å². The van der Waals surface area contributed by atoms with Crippen LogP contribution in [0.2, 0.25) is 0 Å². The van der Waals surface area contributed by atoms with Crippen LogP contribution in [0.15, 0.2) is 24.3 Å². The van der Waals surface area contributed by atoms with Crippen molar-refractivity contribution in [1.29, 1.82) is 0 Å². The number of rotatable bonds is 0. The van der Waals surface area contributed by atoms with Gasteiger partial charge in [0.05, 0.1) is 0 Å². The van der Waals surface area contributed by atoms with Crippen molar-refractivity contribution in [2.75, 3.05) is 0 Å². The van der Waals surface area contributed by atoms with E-state index in [1.165, 1.54) is 0 Å². The van der Waals surface area contributed by atoms with E-state index in [9.17, 15) is 4.79 Å². The van der Waals surface area contributed by atoms with Crippen LogP contribution in [0.5, 0.6) is 0 Å². The normalized spacial score (nSPS) is 41.2. The molecule has 58 valence electrons. The molecule has 2 aliphatic carbocycles. The van der Waals surface area contributed by atoms with Crippen molar-refractivity contribution in [2.24, 2.45) is 17.8 Å². The Morgan fingerprint density at radius 3 is 2.82 bits per heavy atom. The van der Waals surface area contributed by atoms with Crippen molar-refractivity contribution in [3.8, 4) is 0 Å². The molecule has 0 radical (unpaired) electrons. The smallest absolute Gasteiger partial charge is 0.143 e. The van der Waals surface area contributed by atoms with E-state index in [4.69, 9.17) is 0 Å². The van der Waals surface area contributed by atoms with Crippen molar-refractivity contribution >= 4 is 5.78 Å². The van der Waals surface area contributed by atoms with Gasteiger partial charge in [-0.05, 0) is 12.3 Å². The molecular formula is C10H12O. The molecule has 0 aromatic rings. The topological polar surface area (TPSA) is 17.1 Å². The van der Waals surface area contributed by atoms with Crippen LogP contribution in [-0.4, -0.2) is 5.78 Å². The lowest BCUT2D eigenvalue weighted by molar-refractivity contribution is -0.122. The highest BCUT2D eigenvalue weighted by Gasteiger charge is 2.37. The molecule has 0 aromatic heterocycles. The largest absolute Gasteiger partial charge is 0.299 e. The predicted octanol–water partition coefficient (Wildman–Crippen LogP) is 1.95. The van der Waals surface area contributed by atoms with Crippen LogP contribution < -0.4 is 0 Å². The molecule has 0 saturated heterocycles. The highest BCUT2D eigenvalue weighted by atomic mass is 16.1. The zero-order valence-electron chi connectivity index (χ0n) is 6.66. The number of fused-ring (bicyclic) bond motifs is 1. The third kappa shape index (κ3) is 0.953. The average molecular weight is 148 g/mol. The molecule has 0 bridgehead atoms. The lowest BCUT2D eigenvalue weighted by Gasteiger charge is -2.11. The van der Waals surface area contributed by atoms with E-state index in [1.807, 2.05) is 25.2 Å². The Labute approximate surface area is 66.8 Å². The van der Waals surface area contributed by atoms with Crippen LogP contribution in [0.1, 0.15) is 13.3 Å². The molecule has 3 unspecified atom stereocenters. The summed E-state index contributed by atoms with van der Waals surface area (Å²) in [5.41, 5.74) is 0. The van der Waals surface area contributed by atoms with Gasteiger partial charge in [-0.3, -0.25) is 4.79 Å². The predicted molar refractivity (Wildman–Crippen MR) is 44.0 cm³/mol. The maximum atomic E-state index is 11.5. The van der Waals surface area contributed by atoms with Gasteiger partial charge < -0.3 is 0 Å². The zero-order valence-corrected chi connectivity index (χ0v) is 6.66. The van der Waals surface area contributed by atoms with Gasteiger partial charge in [0, 0.05) is 11.8 Å². The van der Waals surface area contributed by atoms with Gasteiger partial charge in [0.15, 0.2) is 0 Å². The summed E-state index contributed by atoms with van der Waals surface area (Å²) in [4.78, 5) is 11.5. The molecule has 11 heavy (non-hydrogen) atoms. The van der Waals surface area contributed by atoms with Crippen LogP contribution in [-0.2, 0) is 4.79 Å². The number of hydrogen-bond acceptors (Lipinski definition) is 1. The molecule has 1 fully saturated rings. The monoisotopic (exact) mass is 148 g/mol. The minimum absolute atomic E-state index is 0.204. The van der Waals surface area contributed by atoms with Crippen LogP contribution in [0.4, 0.5) is 0 Å². The highest BCUT2D eigenvalue weighted by Crippen LogP contribution is 2.36. The van der Waals surface area contributed by atoms with Crippen LogP contribution in [0, 0.1) is 17.8 Å². The van der Waals surface area contributed by atoms with Gasteiger partial charge in [-0.15, -0.1) is 0 Å². The summed E-state index contributed by atoms with van der Waals surface area (Å²) in [6.07, 6.45) is 9.27. The first-order valence-corrected chi connectivity index (χ1v) is 4.18.